The fourth-order valence-corrected chi connectivity index (χ4v) is 2.89. The van der Waals surface area contributed by atoms with Crippen molar-refractivity contribution in [1.82, 2.24) is 14.5 Å². The molecule has 6 nitrogen and oxygen atoms in total. The van der Waals surface area contributed by atoms with Gasteiger partial charge in [-0.25, -0.2) is 9.78 Å². The van der Waals surface area contributed by atoms with Gasteiger partial charge in [-0.2, -0.15) is 0 Å². The second-order valence-electron chi connectivity index (χ2n) is 5.79. The van der Waals surface area contributed by atoms with Gasteiger partial charge in [0, 0.05) is 52.2 Å². The molecule has 0 radical (unpaired) electrons. The first-order valence-corrected chi connectivity index (χ1v) is 7.79. The van der Waals surface area contributed by atoms with Crippen LogP contribution in [-0.2, 0) is 18.3 Å². The summed E-state index contributed by atoms with van der Waals surface area (Å²) in [6.45, 7) is 4.86. The molecule has 1 aliphatic heterocycles. The van der Waals surface area contributed by atoms with Gasteiger partial charge in [0.25, 0.3) is 0 Å². The maximum atomic E-state index is 11.4. The van der Waals surface area contributed by atoms with Crippen molar-refractivity contribution < 1.29 is 9.53 Å². The second-order valence-corrected chi connectivity index (χ2v) is 5.79. The normalized spacial score (nSPS) is 15.7. The molecule has 122 valence electrons. The first kappa shape index (κ1) is 15.6. The maximum Gasteiger partial charge on any atom is 0.337 e. The summed E-state index contributed by atoms with van der Waals surface area (Å²) in [5.74, 6) is 0.743. The number of esters is 1. The minimum absolute atomic E-state index is 0.291. The number of nitrogens with zero attached hydrogens (tertiary/aromatic N) is 4. The molecule has 2 heterocycles. The Morgan fingerprint density at radius 2 is 1.87 bits per heavy atom. The van der Waals surface area contributed by atoms with E-state index < -0.39 is 0 Å². The Bertz CT molecular complexity index is 657. The molecule has 1 aromatic heterocycles. The average Bonchev–Trinajstić information content (AvgIpc) is 3.01. The molecule has 0 N–H and O–H groups in total. The number of ether oxygens (including phenoxy) is 1. The van der Waals surface area contributed by atoms with Crippen LogP contribution in [0.5, 0.6) is 0 Å². The third-order valence-corrected chi connectivity index (χ3v) is 4.23. The molecule has 0 saturated carbocycles. The minimum Gasteiger partial charge on any atom is -0.465 e. The van der Waals surface area contributed by atoms with Gasteiger partial charge in [-0.15, -0.1) is 0 Å². The summed E-state index contributed by atoms with van der Waals surface area (Å²) in [4.78, 5) is 20.6. The van der Waals surface area contributed by atoms with E-state index in [9.17, 15) is 4.79 Å². The Morgan fingerprint density at radius 1 is 1.17 bits per heavy atom. The summed E-state index contributed by atoms with van der Waals surface area (Å²) in [5.41, 5.74) is 1.80. The third-order valence-electron chi connectivity index (χ3n) is 4.23. The largest absolute Gasteiger partial charge is 0.465 e. The van der Waals surface area contributed by atoms with E-state index in [1.54, 1.807) is 0 Å². The summed E-state index contributed by atoms with van der Waals surface area (Å²) in [6, 6.07) is 7.64. The van der Waals surface area contributed by atoms with Crippen molar-refractivity contribution in [2.75, 3.05) is 38.2 Å². The molecule has 1 fully saturated rings. The predicted octanol–water partition coefficient (Wildman–Crippen LogP) is 1.53. The lowest BCUT2D eigenvalue weighted by Gasteiger charge is -2.35. The Labute approximate surface area is 136 Å². The van der Waals surface area contributed by atoms with E-state index in [-0.39, 0.29) is 5.97 Å². The number of aryl methyl sites for hydroxylation is 1. The molecule has 0 unspecified atom stereocenters. The molecule has 1 aliphatic rings. The molecule has 0 spiro atoms. The molecule has 1 saturated heterocycles. The summed E-state index contributed by atoms with van der Waals surface area (Å²) < 4.78 is 6.78. The van der Waals surface area contributed by atoms with Gasteiger partial charge in [-0.3, -0.25) is 4.90 Å². The van der Waals surface area contributed by atoms with Crippen molar-refractivity contribution >= 4 is 11.9 Å². The number of methoxy groups -OCH3 is 1. The molecule has 0 amide bonds. The molecule has 2 aromatic rings. The van der Waals surface area contributed by atoms with Crippen LogP contribution >= 0.6 is 0 Å². The lowest BCUT2D eigenvalue weighted by Crippen LogP contribution is -2.46. The standard InChI is InChI=1S/C17H22N4O2/c1-19-8-7-18-17(19)21-11-9-20(10-12-21)13-14-3-5-15(6-4-14)16(22)23-2/h3-8H,9-13H2,1-2H3. The van der Waals surface area contributed by atoms with Crippen LogP contribution in [0, 0.1) is 0 Å². The maximum absolute atomic E-state index is 11.4. The number of aromatic nitrogens is 2. The van der Waals surface area contributed by atoms with Gasteiger partial charge < -0.3 is 14.2 Å². The zero-order valence-corrected chi connectivity index (χ0v) is 13.6. The summed E-state index contributed by atoms with van der Waals surface area (Å²) >= 11 is 0. The third kappa shape index (κ3) is 3.53. The second kappa shape index (κ2) is 6.83. The van der Waals surface area contributed by atoms with Crippen LogP contribution in [0.4, 0.5) is 5.95 Å². The molecule has 0 atom stereocenters. The van der Waals surface area contributed by atoms with Gasteiger partial charge in [0.05, 0.1) is 12.7 Å². The summed E-state index contributed by atoms with van der Waals surface area (Å²) in [7, 11) is 3.43. The van der Waals surface area contributed by atoms with Gasteiger partial charge in [-0.05, 0) is 17.7 Å². The van der Waals surface area contributed by atoms with Gasteiger partial charge in [0.1, 0.15) is 0 Å². The van der Waals surface area contributed by atoms with Gasteiger partial charge in [0.15, 0.2) is 0 Å². The van der Waals surface area contributed by atoms with Crippen LogP contribution in [0.2, 0.25) is 0 Å². The number of imidazole rings is 1. The molecule has 0 aliphatic carbocycles. The van der Waals surface area contributed by atoms with E-state index in [1.807, 2.05) is 43.7 Å². The van der Waals surface area contributed by atoms with Crippen LogP contribution in [0.3, 0.4) is 0 Å². The van der Waals surface area contributed by atoms with Crippen LogP contribution in [0.1, 0.15) is 15.9 Å². The quantitative estimate of drug-likeness (QED) is 0.801. The molecule has 0 bridgehead atoms. The first-order chi connectivity index (χ1) is 11.2. The van der Waals surface area contributed by atoms with Crippen molar-refractivity contribution in [3.05, 3.63) is 47.8 Å². The van der Waals surface area contributed by atoms with E-state index >= 15 is 0 Å². The lowest BCUT2D eigenvalue weighted by molar-refractivity contribution is 0.0600. The topological polar surface area (TPSA) is 50.6 Å². The molecular formula is C17H22N4O2. The van der Waals surface area contributed by atoms with Crippen molar-refractivity contribution in [3.63, 3.8) is 0 Å². The molecule has 23 heavy (non-hydrogen) atoms. The van der Waals surface area contributed by atoms with Crippen LogP contribution in [0.15, 0.2) is 36.7 Å². The molecule has 3 rings (SSSR count). The predicted molar refractivity (Wildman–Crippen MR) is 88.5 cm³/mol. The summed E-state index contributed by atoms with van der Waals surface area (Å²) in [6.07, 6.45) is 3.81. The highest BCUT2D eigenvalue weighted by Crippen LogP contribution is 2.15. The molecule has 1 aromatic carbocycles. The monoisotopic (exact) mass is 314 g/mol. The SMILES string of the molecule is COC(=O)c1ccc(CN2CCN(c3nccn3C)CC2)cc1. The van der Waals surface area contributed by atoms with E-state index in [4.69, 9.17) is 4.74 Å². The Kier molecular flexibility index (Phi) is 4.62. The van der Waals surface area contributed by atoms with Crippen LogP contribution < -0.4 is 4.90 Å². The number of piperazine rings is 1. The van der Waals surface area contributed by atoms with Crippen LogP contribution in [0.25, 0.3) is 0 Å². The Balaban J connectivity index is 1.54. The van der Waals surface area contributed by atoms with E-state index in [0.29, 0.717) is 5.56 Å². The smallest absolute Gasteiger partial charge is 0.337 e. The number of anilines is 1. The van der Waals surface area contributed by atoms with Crippen LogP contribution in [-0.4, -0.2) is 53.7 Å². The summed E-state index contributed by atoms with van der Waals surface area (Å²) in [5, 5.41) is 0. The number of hydrogen-bond acceptors (Lipinski definition) is 5. The fraction of sp³-hybridized carbons (Fsp3) is 0.412. The van der Waals surface area contributed by atoms with E-state index in [1.165, 1.54) is 12.7 Å². The van der Waals surface area contributed by atoms with Gasteiger partial charge in [0.2, 0.25) is 5.95 Å². The molecule has 6 heteroatoms. The van der Waals surface area contributed by atoms with Crippen molar-refractivity contribution in [3.8, 4) is 0 Å². The molecular weight excluding hydrogens is 292 g/mol. The van der Waals surface area contributed by atoms with Crippen molar-refractivity contribution in [2.24, 2.45) is 7.05 Å². The Morgan fingerprint density at radius 3 is 2.43 bits per heavy atom. The number of benzene rings is 1. The highest BCUT2D eigenvalue weighted by Gasteiger charge is 2.19. The first-order valence-electron chi connectivity index (χ1n) is 7.79. The lowest BCUT2D eigenvalue weighted by atomic mass is 10.1. The highest BCUT2D eigenvalue weighted by molar-refractivity contribution is 5.89. The highest BCUT2D eigenvalue weighted by atomic mass is 16.5. The number of carbonyl (C=O) groups excluding carboxylic acids is 1. The minimum atomic E-state index is -0.291. The number of hydrogen-bond donors (Lipinski definition) is 0. The number of rotatable bonds is 4. The van der Waals surface area contributed by atoms with Crippen molar-refractivity contribution in [1.29, 1.82) is 0 Å². The zero-order valence-electron chi connectivity index (χ0n) is 13.6. The van der Waals surface area contributed by atoms with E-state index in [0.717, 1.165) is 38.7 Å². The van der Waals surface area contributed by atoms with Crippen molar-refractivity contribution in [2.45, 2.75) is 6.54 Å². The Hall–Kier alpha value is -2.34. The van der Waals surface area contributed by atoms with E-state index in [2.05, 4.69) is 19.4 Å². The number of carbonyl (C=O) groups is 1. The fourth-order valence-electron chi connectivity index (χ4n) is 2.89. The van der Waals surface area contributed by atoms with Gasteiger partial charge >= 0.3 is 5.97 Å². The zero-order chi connectivity index (χ0) is 16.2. The average molecular weight is 314 g/mol. The van der Waals surface area contributed by atoms with Gasteiger partial charge in [-0.1, -0.05) is 12.1 Å².